The normalized spacial score (nSPS) is 15.2. The minimum absolute atomic E-state index is 0.0590. The monoisotopic (exact) mass is 424 g/mol. The molecule has 0 aromatic heterocycles. The van der Waals surface area contributed by atoms with Crippen LogP contribution in [-0.4, -0.2) is 27.6 Å². The molecule has 1 aliphatic rings. The second-order valence-corrected chi connectivity index (χ2v) is 8.57. The van der Waals surface area contributed by atoms with Crippen LogP contribution in [0.5, 0.6) is 0 Å². The zero-order valence-corrected chi connectivity index (χ0v) is 18.2. The highest BCUT2D eigenvalue weighted by atomic mass is 32.2. The first-order chi connectivity index (χ1) is 14.0. The number of para-hydroxylation sites is 1. The standard InChI is InChI=1S/C23H24N2O2S2/c1-3-17-10-12-18(13-11-17)15-20-22(27)25(23(28)29-20)14-6-9-21(26)24-19-8-5-4-7-16(19)2/h4-5,7-8,10-13,15H,3,6,9,14H2,1-2H3,(H,24,26). The largest absolute Gasteiger partial charge is 0.326 e. The van der Waals surface area contributed by atoms with Crippen molar-refractivity contribution < 1.29 is 9.59 Å². The Balaban J connectivity index is 1.54. The molecule has 1 aliphatic heterocycles. The summed E-state index contributed by atoms with van der Waals surface area (Å²) in [5, 5.41) is 2.92. The topological polar surface area (TPSA) is 49.4 Å². The first-order valence-corrected chi connectivity index (χ1v) is 10.9. The lowest BCUT2D eigenvalue weighted by atomic mass is 10.1. The molecule has 0 saturated carbocycles. The van der Waals surface area contributed by atoms with E-state index in [-0.39, 0.29) is 11.8 Å². The lowest BCUT2D eigenvalue weighted by molar-refractivity contribution is -0.122. The molecule has 0 unspecified atom stereocenters. The molecule has 150 valence electrons. The van der Waals surface area contributed by atoms with E-state index < -0.39 is 0 Å². The van der Waals surface area contributed by atoms with Crippen molar-refractivity contribution >= 4 is 51.9 Å². The fraction of sp³-hybridized carbons (Fsp3) is 0.261. The van der Waals surface area contributed by atoms with Crippen LogP contribution in [0, 0.1) is 6.92 Å². The van der Waals surface area contributed by atoms with Gasteiger partial charge in [0.25, 0.3) is 5.91 Å². The molecule has 2 aromatic carbocycles. The van der Waals surface area contributed by atoms with E-state index in [2.05, 4.69) is 24.4 Å². The Kier molecular flexibility index (Phi) is 7.23. The first kappa shape index (κ1) is 21.3. The Bertz CT molecular complexity index is 952. The molecule has 0 aliphatic carbocycles. The molecule has 3 rings (SSSR count). The van der Waals surface area contributed by atoms with Gasteiger partial charge in [-0.05, 0) is 48.6 Å². The van der Waals surface area contributed by atoms with Gasteiger partial charge in [-0.15, -0.1) is 0 Å². The Labute approximate surface area is 181 Å². The van der Waals surface area contributed by atoms with Gasteiger partial charge in [0.1, 0.15) is 4.32 Å². The molecular weight excluding hydrogens is 400 g/mol. The van der Waals surface area contributed by atoms with Crippen LogP contribution < -0.4 is 5.32 Å². The van der Waals surface area contributed by atoms with Crippen LogP contribution in [0.25, 0.3) is 6.08 Å². The third-order valence-corrected chi connectivity index (χ3v) is 6.14. The molecule has 1 N–H and O–H groups in total. The maximum atomic E-state index is 12.7. The number of carbonyl (C=O) groups excluding carboxylic acids is 2. The predicted molar refractivity (Wildman–Crippen MR) is 125 cm³/mol. The van der Waals surface area contributed by atoms with Crippen molar-refractivity contribution in [3.8, 4) is 0 Å². The van der Waals surface area contributed by atoms with Gasteiger partial charge in [-0.2, -0.15) is 0 Å². The van der Waals surface area contributed by atoms with Gasteiger partial charge in [-0.3, -0.25) is 14.5 Å². The summed E-state index contributed by atoms with van der Waals surface area (Å²) < 4.78 is 0.547. The average molecular weight is 425 g/mol. The summed E-state index contributed by atoms with van der Waals surface area (Å²) in [6, 6.07) is 15.8. The van der Waals surface area contributed by atoms with Gasteiger partial charge in [-0.25, -0.2) is 0 Å². The summed E-state index contributed by atoms with van der Waals surface area (Å²) in [7, 11) is 0. The van der Waals surface area contributed by atoms with Crippen LogP contribution in [0.15, 0.2) is 53.4 Å². The minimum Gasteiger partial charge on any atom is -0.326 e. The van der Waals surface area contributed by atoms with E-state index in [0.717, 1.165) is 23.2 Å². The van der Waals surface area contributed by atoms with Gasteiger partial charge >= 0.3 is 0 Å². The molecule has 2 aromatic rings. The van der Waals surface area contributed by atoms with Crippen molar-refractivity contribution in [2.45, 2.75) is 33.1 Å². The molecule has 1 saturated heterocycles. The van der Waals surface area contributed by atoms with Gasteiger partial charge in [0.2, 0.25) is 5.91 Å². The molecule has 0 bridgehead atoms. The Morgan fingerprint density at radius 3 is 2.59 bits per heavy atom. The molecule has 1 fully saturated rings. The summed E-state index contributed by atoms with van der Waals surface area (Å²) in [6.45, 7) is 4.51. The summed E-state index contributed by atoms with van der Waals surface area (Å²) in [4.78, 5) is 27.1. The molecule has 29 heavy (non-hydrogen) atoms. The zero-order chi connectivity index (χ0) is 20.8. The SMILES string of the molecule is CCc1ccc(C=C2SC(=S)N(CCCC(=O)Nc3ccccc3C)C2=O)cc1. The van der Waals surface area contributed by atoms with Crippen LogP contribution in [0.4, 0.5) is 5.69 Å². The third kappa shape index (κ3) is 5.55. The summed E-state index contributed by atoms with van der Waals surface area (Å²) in [5.74, 6) is -0.143. The van der Waals surface area contributed by atoms with Gasteiger partial charge < -0.3 is 5.32 Å². The number of hydrogen-bond acceptors (Lipinski definition) is 4. The Morgan fingerprint density at radius 1 is 1.17 bits per heavy atom. The fourth-order valence-electron chi connectivity index (χ4n) is 3.02. The number of aryl methyl sites for hydroxylation is 2. The van der Waals surface area contributed by atoms with Crippen molar-refractivity contribution in [2.75, 3.05) is 11.9 Å². The average Bonchev–Trinajstić information content (AvgIpc) is 2.97. The van der Waals surface area contributed by atoms with Crippen LogP contribution in [0.2, 0.25) is 0 Å². The lowest BCUT2D eigenvalue weighted by Gasteiger charge is -2.14. The van der Waals surface area contributed by atoms with Gasteiger partial charge in [0, 0.05) is 18.7 Å². The van der Waals surface area contributed by atoms with Gasteiger partial charge in [-0.1, -0.05) is 73.4 Å². The number of carbonyl (C=O) groups is 2. The van der Waals surface area contributed by atoms with Crippen LogP contribution in [0.1, 0.15) is 36.5 Å². The number of nitrogens with one attached hydrogen (secondary N) is 1. The zero-order valence-electron chi connectivity index (χ0n) is 16.6. The molecule has 1 heterocycles. The Morgan fingerprint density at radius 2 is 1.90 bits per heavy atom. The van der Waals surface area contributed by atoms with E-state index in [1.807, 2.05) is 49.4 Å². The van der Waals surface area contributed by atoms with Crippen molar-refractivity contribution in [2.24, 2.45) is 0 Å². The molecule has 4 nitrogen and oxygen atoms in total. The van der Waals surface area contributed by atoms with Crippen LogP contribution in [0.3, 0.4) is 0 Å². The molecular formula is C23H24N2O2S2. The van der Waals surface area contributed by atoms with Crippen molar-refractivity contribution in [1.82, 2.24) is 4.90 Å². The van der Waals surface area contributed by atoms with E-state index >= 15 is 0 Å². The summed E-state index contributed by atoms with van der Waals surface area (Å²) >= 11 is 6.70. The van der Waals surface area contributed by atoms with Crippen LogP contribution >= 0.6 is 24.0 Å². The smallest absolute Gasteiger partial charge is 0.266 e. The molecule has 0 atom stereocenters. The predicted octanol–water partition coefficient (Wildman–Crippen LogP) is 5.18. The molecule has 2 amide bonds. The van der Waals surface area contributed by atoms with E-state index in [1.165, 1.54) is 17.3 Å². The number of nitrogens with zero attached hydrogens (tertiary/aromatic N) is 1. The second-order valence-electron chi connectivity index (χ2n) is 6.90. The highest BCUT2D eigenvalue weighted by Gasteiger charge is 2.31. The quantitative estimate of drug-likeness (QED) is 0.492. The lowest BCUT2D eigenvalue weighted by Crippen LogP contribution is -2.29. The molecule has 0 radical (unpaired) electrons. The number of thioether (sulfide) groups is 1. The fourth-order valence-corrected chi connectivity index (χ4v) is 4.33. The van der Waals surface area contributed by atoms with E-state index in [9.17, 15) is 9.59 Å². The van der Waals surface area contributed by atoms with Gasteiger partial charge in [0.05, 0.1) is 4.91 Å². The number of thiocarbonyl (C=S) groups is 1. The Hall–Kier alpha value is -2.44. The van der Waals surface area contributed by atoms with Crippen molar-refractivity contribution in [1.29, 1.82) is 0 Å². The number of benzene rings is 2. The molecule has 0 spiro atoms. The summed E-state index contributed by atoms with van der Waals surface area (Å²) in [5.41, 5.74) is 4.09. The van der Waals surface area contributed by atoms with Crippen molar-refractivity contribution in [3.05, 3.63) is 70.1 Å². The minimum atomic E-state index is -0.0844. The number of rotatable bonds is 7. The van der Waals surface area contributed by atoms with E-state index in [4.69, 9.17) is 12.2 Å². The first-order valence-electron chi connectivity index (χ1n) is 9.67. The van der Waals surface area contributed by atoms with Crippen LogP contribution in [-0.2, 0) is 16.0 Å². The van der Waals surface area contributed by atoms with E-state index in [0.29, 0.717) is 28.6 Å². The highest BCUT2D eigenvalue weighted by molar-refractivity contribution is 8.26. The molecule has 6 heteroatoms. The maximum Gasteiger partial charge on any atom is 0.266 e. The maximum absolute atomic E-state index is 12.7. The summed E-state index contributed by atoms with van der Waals surface area (Å²) in [6.07, 6.45) is 3.76. The number of amides is 2. The third-order valence-electron chi connectivity index (χ3n) is 4.76. The highest BCUT2D eigenvalue weighted by Crippen LogP contribution is 2.32. The number of hydrogen-bond donors (Lipinski definition) is 1. The van der Waals surface area contributed by atoms with Gasteiger partial charge in [0.15, 0.2) is 0 Å². The number of anilines is 1. The van der Waals surface area contributed by atoms with Crippen molar-refractivity contribution in [3.63, 3.8) is 0 Å². The second kappa shape index (κ2) is 9.85. The van der Waals surface area contributed by atoms with E-state index in [1.54, 1.807) is 4.90 Å².